The lowest BCUT2D eigenvalue weighted by Gasteiger charge is -2.26. The summed E-state index contributed by atoms with van der Waals surface area (Å²) in [6, 6.07) is 2.91. The van der Waals surface area contributed by atoms with Gasteiger partial charge in [-0.3, -0.25) is 0 Å². The van der Waals surface area contributed by atoms with Crippen LogP contribution in [0, 0.1) is 0 Å². The van der Waals surface area contributed by atoms with Crippen LogP contribution in [0.25, 0.3) is 0 Å². The van der Waals surface area contributed by atoms with E-state index in [0.717, 1.165) is 51.2 Å². The van der Waals surface area contributed by atoms with Gasteiger partial charge >= 0.3 is 6.18 Å². The second-order valence-electron chi connectivity index (χ2n) is 5.10. The smallest absolute Gasteiger partial charge is 0.352 e. The molecule has 3 nitrogen and oxygen atoms in total. The van der Waals surface area contributed by atoms with Crippen LogP contribution in [0.2, 0.25) is 0 Å². The molecule has 0 radical (unpaired) electrons. The lowest BCUT2D eigenvalue weighted by atomic mass is 10.2. The number of nitrogens with one attached hydrogen (secondary N) is 1. The maximum Gasteiger partial charge on any atom is 0.417 e. The Hall–Kier alpha value is -1.30. The van der Waals surface area contributed by atoms with Crippen molar-refractivity contribution in [3.63, 3.8) is 0 Å². The second-order valence-corrected chi connectivity index (χ2v) is 5.10. The van der Waals surface area contributed by atoms with E-state index in [1.165, 1.54) is 6.07 Å². The summed E-state index contributed by atoms with van der Waals surface area (Å²) in [6.07, 6.45) is -0.214. The normalized spacial score (nSPS) is 19.6. The molecule has 1 aromatic rings. The van der Waals surface area contributed by atoms with Gasteiger partial charge in [-0.2, -0.15) is 13.2 Å². The number of anilines is 1. The quantitative estimate of drug-likeness (QED) is 0.844. The standard InChI is InChI=1S/C14H20F3N3/c1-2-7-18-10-12-4-3-8-20(12)13-6-5-11(9-19-13)14(15,16)17/h5-6,9,12,18H,2-4,7-8,10H2,1H3. The van der Waals surface area contributed by atoms with Crippen LogP contribution in [0.1, 0.15) is 31.7 Å². The van der Waals surface area contributed by atoms with Gasteiger partial charge in [-0.25, -0.2) is 4.98 Å². The molecule has 20 heavy (non-hydrogen) atoms. The molecular weight excluding hydrogens is 267 g/mol. The molecule has 1 aliphatic rings. The fourth-order valence-corrected chi connectivity index (χ4v) is 2.52. The molecule has 0 aromatic carbocycles. The Labute approximate surface area is 117 Å². The predicted octanol–water partition coefficient (Wildman–Crippen LogP) is 3.07. The van der Waals surface area contributed by atoms with Crippen LogP contribution in [0.5, 0.6) is 0 Å². The maximum atomic E-state index is 12.5. The highest BCUT2D eigenvalue weighted by Gasteiger charge is 2.31. The van der Waals surface area contributed by atoms with Crippen LogP contribution in [0.15, 0.2) is 18.3 Å². The summed E-state index contributed by atoms with van der Waals surface area (Å²) >= 11 is 0. The predicted molar refractivity (Wildman–Crippen MR) is 72.8 cm³/mol. The zero-order valence-electron chi connectivity index (χ0n) is 11.6. The van der Waals surface area contributed by atoms with E-state index in [4.69, 9.17) is 0 Å². The maximum absolute atomic E-state index is 12.5. The van der Waals surface area contributed by atoms with E-state index in [0.29, 0.717) is 11.9 Å². The molecule has 2 rings (SSSR count). The molecule has 0 saturated carbocycles. The molecular formula is C14H20F3N3. The molecule has 0 spiro atoms. The highest BCUT2D eigenvalue weighted by atomic mass is 19.4. The van der Waals surface area contributed by atoms with Gasteiger partial charge in [0.2, 0.25) is 0 Å². The summed E-state index contributed by atoms with van der Waals surface area (Å²) in [5.74, 6) is 0.638. The molecule has 112 valence electrons. The molecule has 0 bridgehead atoms. The molecule has 6 heteroatoms. The summed E-state index contributed by atoms with van der Waals surface area (Å²) in [5.41, 5.74) is -0.693. The molecule has 1 aliphatic heterocycles. The van der Waals surface area contributed by atoms with Gasteiger partial charge in [-0.1, -0.05) is 6.92 Å². The van der Waals surface area contributed by atoms with Crippen molar-refractivity contribution in [1.82, 2.24) is 10.3 Å². The number of pyridine rings is 1. The first kappa shape index (κ1) is 15.1. The summed E-state index contributed by atoms with van der Waals surface area (Å²) in [5, 5.41) is 3.36. The van der Waals surface area contributed by atoms with E-state index in [-0.39, 0.29) is 0 Å². The molecule has 1 fully saturated rings. The van der Waals surface area contributed by atoms with Gasteiger partial charge in [0.25, 0.3) is 0 Å². The number of rotatable bonds is 5. The molecule has 1 atom stereocenters. The summed E-state index contributed by atoms with van der Waals surface area (Å²) in [7, 11) is 0. The molecule has 0 amide bonds. The van der Waals surface area contributed by atoms with Crippen molar-refractivity contribution in [2.75, 3.05) is 24.5 Å². The topological polar surface area (TPSA) is 28.2 Å². The van der Waals surface area contributed by atoms with Crippen LogP contribution in [-0.4, -0.2) is 30.7 Å². The van der Waals surface area contributed by atoms with E-state index < -0.39 is 11.7 Å². The van der Waals surface area contributed by atoms with Crippen LogP contribution >= 0.6 is 0 Å². The Kier molecular flexibility index (Phi) is 4.86. The first-order valence-corrected chi connectivity index (χ1v) is 7.03. The minimum atomic E-state index is -4.32. The third-order valence-electron chi connectivity index (χ3n) is 3.55. The van der Waals surface area contributed by atoms with Gasteiger partial charge in [0.15, 0.2) is 0 Å². The molecule has 1 N–H and O–H groups in total. The van der Waals surface area contributed by atoms with Crippen molar-refractivity contribution < 1.29 is 13.2 Å². The zero-order valence-corrected chi connectivity index (χ0v) is 11.6. The van der Waals surface area contributed by atoms with Gasteiger partial charge in [0.05, 0.1) is 5.56 Å². The first-order chi connectivity index (χ1) is 9.52. The van der Waals surface area contributed by atoms with Crippen molar-refractivity contribution in [1.29, 1.82) is 0 Å². The lowest BCUT2D eigenvalue weighted by molar-refractivity contribution is -0.137. The summed E-state index contributed by atoms with van der Waals surface area (Å²) in [6.45, 7) is 4.79. The third kappa shape index (κ3) is 3.62. The number of halogens is 3. The number of nitrogens with zero attached hydrogens (tertiary/aromatic N) is 2. The lowest BCUT2D eigenvalue weighted by Crippen LogP contribution is -2.38. The van der Waals surface area contributed by atoms with E-state index in [1.807, 2.05) is 0 Å². The minimum absolute atomic E-state index is 0.325. The molecule has 2 heterocycles. The van der Waals surface area contributed by atoms with Crippen molar-refractivity contribution in [2.45, 2.75) is 38.4 Å². The first-order valence-electron chi connectivity index (χ1n) is 7.03. The second kappa shape index (κ2) is 6.43. The summed E-state index contributed by atoms with van der Waals surface area (Å²) in [4.78, 5) is 6.08. The molecule has 1 saturated heterocycles. The fourth-order valence-electron chi connectivity index (χ4n) is 2.52. The zero-order chi connectivity index (χ0) is 14.6. The van der Waals surface area contributed by atoms with Gasteiger partial charge < -0.3 is 10.2 Å². The van der Waals surface area contributed by atoms with Crippen molar-refractivity contribution in [3.8, 4) is 0 Å². The minimum Gasteiger partial charge on any atom is -0.352 e. The largest absolute Gasteiger partial charge is 0.417 e. The SMILES string of the molecule is CCCNCC1CCCN1c1ccc(C(F)(F)F)cn1. The number of hydrogen-bond acceptors (Lipinski definition) is 3. The summed E-state index contributed by atoms with van der Waals surface area (Å²) < 4.78 is 37.5. The molecule has 1 aromatic heterocycles. The van der Waals surface area contributed by atoms with E-state index in [9.17, 15) is 13.2 Å². The van der Waals surface area contributed by atoms with Gasteiger partial charge in [0.1, 0.15) is 5.82 Å². The van der Waals surface area contributed by atoms with E-state index in [2.05, 4.69) is 22.1 Å². The Bertz CT molecular complexity index is 417. The van der Waals surface area contributed by atoms with Gasteiger partial charge in [0, 0.05) is 25.3 Å². The Balaban J connectivity index is 2.02. The van der Waals surface area contributed by atoms with Crippen molar-refractivity contribution in [3.05, 3.63) is 23.9 Å². The Morgan fingerprint density at radius 1 is 1.40 bits per heavy atom. The monoisotopic (exact) mass is 287 g/mol. The average Bonchev–Trinajstić information content (AvgIpc) is 2.87. The third-order valence-corrected chi connectivity index (χ3v) is 3.55. The van der Waals surface area contributed by atoms with Crippen LogP contribution in [0.3, 0.4) is 0 Å². The van der Waals surface area contributed by atoms with Crippen LogP contribution in [-0.2, 0) is 6.18 Å². The Morgan fingerprint density at radius 2 is 2.20 bits per heavy atom. The van der Waals surface area contributed by atoms with E-state index >= 15 is 0 Å². The number of alkyl halides is 3. The average molecular weight is 287 g/mol. The van der Waals surface area contributed by atoms with Gasteiger partial charge in [-0.15, -0.1) is 0 Å². The van der Waals surface area contributed by atoms with Gasteiger partial charge in [-0.05, 0) is 37.9 Å². The number of aromatic nitrogens is 1. The Morgan fingerprint density at radius 3 is 2.80 bits per heavy atom. The van der Waals surface area contributed by atoms with Crippen molar-refractivity contribution in [2.24, 2.45) is 0 Å². The highest BCUT2D eigenvalue weighted by molar-refractivity contribution is 5.42. The highest BCUT2D eigenvalue weighted by Crippen LogP contribution is 2.30. The van der Waals surface area contributed by atoms with Crippen LogP contribution < -0.4 is 10.2 Å². The van der Waals surface area contributed by atoms with Crippen molar-refractivity contribution >= 4 is 5.82 Å². The molecule has 0 aliphatic carbocycles. The molecule has 1 unspecified atom stereocenters. The van der Waals surface area contributed by atoms with Crippen LogP contribution in [0.4, 0.5) is 19.0 Å². The fraction of sp³-hybridized carbons (Fsp3) is 0.643. The van der Waals surface area contributed by atoms with E-state index in [1.54, 1.807) is 0 Å². The number of hydrogen-bond donors (Lipinski definition) is 1.